The van der Waals surface area contributed by atoms with Gasteiger partial charge in [-0.1, -0.05) is 12.1 Å². The minimum atomic E-state index is 0. The minimum Gasteiger partial charge on any atom is -0.497 e. The molecular formula is C18H31IN4O2. The number of benzene rings is 1. The molecule has 1 heterocycles. The van der Waals surface area contributed by atoms with Gasteiger partial charge in [0.25, 0.3) is 0 Å². The summed E-state index contributed by atoms with van der Waals surface area (Å²) in [5, 5.41) is 6.75. The van der Waals surface area contributed by atoms with Gasteiger partial charge in [-0.2, -0.15) is 0 Å². The number of aliphatic imine (C=N–C) groups is 1. The Hall–Kier alpha value is -1.06. The predicted octanol–water partition coefficient (Wildman–Crippen LogP) is 2.09. The minimum absolute atomic E-state index is 0. The lowest BCUT2D eigenvalue weighted by Crippen LogP contribution is -2.49. The second-order valence-electron chi connectivity index (χ2n) is 5.92. The first-order valence-electron chi connectivity index (χ1n) is 8.69. The van der Waals surface area contributed by atoms with E-state index in [1.807, 2.05) is 24.3 Å². The number of hydrogen-bond acceptors (Lipinski definition) is 4. The Bertz CT molecular complexity index is 504. The van der Waals surface area contributed by atoms with E-state index in [0.717, 1.165) is 56.7 Å². The Morgan fingerprint density at radius 2 is 1.92 bits per heavy atom. The van der Waals surface area contributed by atoms with Crippen molar-refractivity contribution in [3.63, 3.8) is 0 Å². The largest absolute Gasteiger partial charge is 0.497 e. The summed E-state index contributed by atoms with van der Waals surface area (Å²) >= 11 is 0. The van der Waals surface area contributed by atoms with Gasteiger partial charge in [0.15, 0.2) is 5.96 Å². The van der Waals surface area contributed by atoms with Gasteiger partial charge in [-0.05, 0) is 31.5 Å². The number of nitrogens with one attached hydrogen (secondary N) is 2. The summed E-state index contributed by atoms with van der Waals surface area (Å²) in [5.74, 6) is 1.72. The smallest absolute Gasteiger partial charge is 0.191 e. The quantitative estimate of drug-likeness (QED) is 0.369. The molecule has 1 atom stereocenters. The molecule has 2 rings (SSSR count). The van der Waals surface area contributed by atoms with Crippen LogP contribution in [-0.2, 0) is 11.3 Å². The van der Waals surface area contributed by atoms with Crippen LogP contribution in [0, 0.1) is 0 Å². The molecule has 2 N–H and O–H groups in total. The molecule has 1 saturated heterocycles. The number of ether oxygens (including phenoxy) is 2. The summed E-state index contributed by atoms with van der Waals surface area (Å²) in [4.78, 5) is 7.11. The molecule has 1 aliphatic heterocycles. The fourth-order valence-corrected chi connectivity index (χ4v) is 2.63. The number of morpholine rings is 1. The Morgan fingerprint density at radius 3 is 2.52 bits per heavy atom. The molecule has 1 fully saturated rings. The van der Waals surface area contributed by atoms with Crippen LogP contribution in [0.4, 0.5) is 0 Å². The number of nitrogens with zero attached hydrogens (tertiary/aromatic N) is 2. The third kappa shape index (κ3) is 7.79. The monoisotopic (exact) mass is 462 g/mol. The van der Waals surface area contributed by atoms with E-state index in [0.29, 0.717) is 12.6 Å². The third-order valence-corrected chi connectivity index (χ3v) is 4.16. The maximum Gasteiger partial charge on any atom is 0.191 e. The second kappa shape index (κ2) is 12.3. The fourth-order valence-electron chi connectivity index (χ4n) is 2.63. The first kappa shape index (κ1) is 22.0. The molecule has 1 unspecified atom stereocenters. The lowest BCUT2D eigenvalue weighted by atomic mass is 10.2. The van der Waals surface area contributed by atoms with Crippen LogP contribution in [0.15, 0.2) is 29.3 Å². The molecule has 1 aliphatic rings. The molecule has 0 radical (unpaired) electrons. The van der Waals surface area contributed by atoms with Crippen molar-refractivity contribution < 1.29 is 9.47 Å². The Kier molecular flexibility index (Phi) is 10.8. The maximum absolute atomic E-state index is 5.41. The molecule has 0 aliphatic carbocycles. The van der Waals surface area contributed by atoms with Crippen LogP contribution < -0.4 is 15.4 Å². The molecule has 0 aromatic heterocycles. The maximum atomic E-state index is 5.41. The summed E-state index contributed by atoms with van der Waals surface area (Å²) in [7, 11) is 1.68. The van der Waals surface area contributed by atoms with Gasteiger partial charge in [0.2, 0.25) is 0 Å². The zero-order valence-electron chi connectivity index (χ0n) is 15.5. The molecule has 142 valence electrons. The average molecular weight is 462 g/mol. The van der Waals surface area contributed by atoms with E-state index in [1.165, 1.54) is 0 Å². The van der Waals surface area contributed by atoms with Crippen molar-refractivity contribution in [3.05, 3.63) is 29.8 Å². The van der Waals surface area contributed by atoms with Crippen molar-refractivity contribution in [1.29, 1.82) is 0 Å². The highest BCUT2D eigenvalue weighted by atomic mass is 127. The lowest BCUT2D eigenvalue weighted by Gasteiger charge is -2.32. The molecule has 7 heteroatoms. The van der Waals surface area contributed by atoms with Gasteiger partial charge in [-0.15, -0.1) is 24.0 Å². The van der Waals surface area contributed by atoms with E-state index in [4.69, 9.17) is 9.47 Å². The molecule has 0 saturated carbocycles. The standard InChI is InChI=1S/C18H30N4O2.HI/c1-4-19-18(20-13-15(2)22-9-11-24-12-10-22)21-14-16-5-7-17(23-3)8-6-16;/h5-8,15H,4,9-14H2,1-3H3,(H2,19,20,21);1H. The van der Waals surface area contributed by atoms with Crippen LogP contribution >= 0.6 is 24.0 Å². The van der Waals surface area contributed by atoms with E-state index >= 15 is 0 Å². The van der Waals surface area contributed by atoms with Crippen molar-refractivity contribution >= 4 is 29.9 Å². The van der Waals surface area contributed by atoms with Crippen LogP contribution in [0.2, 0.25) is 0 Å². The molecule has 0 bridgehead atoms. The van der Waals surface area contributed by atoms with E-state index < -0.39 is 0 Å². The molecule has 25 heavy (non-hydrogen) atoms. The molecular weight excluding hydrogens is 431 g/mol. The third-order valence-electron chi connectivity index (χ3n) is 4.16. The van der Waals surface area contributed by atoms with Crippen molar-refractivity contribution in [1.82, 2.24) is 15.5 Å². The highest BCUT2D eigenvalue weighted by Gasteiger charge is 2.16. The number of rotatable bonds is 7. The van der Waals surface area contributed by atoms with E-state index in [1.54, 1.807) is 7.11 Å². The summed E-state index contributed by atoms with van der Waals surface area (Å²) in [5.41, 5.74) is 1.16. The summed E-state index contributed by atoms with van der Waals surface area (Å²) in [6, 6.07) is 8.47. The van der Waals surface area contributed by atoms with E-state index in [-0.39, 0.29) is 24.0 Å². The highest BCUT2D eigenvalue weighted by Crippen LogP contribution is 2.11. The number of halogens is 1. The predicted molar refractivity (Wildman–Crippen MR) is 113 cm³/mol. The van der Waals surface area contributed by atoms with Crippen LogP contribution in [-0.4, -0.2) is 63.4 Å². The summed E-state index contributed by atoms with van der Waals surface area (Å²) in [6.45, 7) is 10.3. The van der Waals surface area contributed by atoms with Gasteiger partial charge in [0, 0.05) is 32.2 Å². The van der Waals surface area contributed by atoms with Gasteiger partial charge in [0.1, 0.15) is 5.75 Å². The van der Waals surface area contributed by atoms with Crippen molar-refractivity contribution in [2.45, 2.75) is 26.4 Å². The van der Waals surface area contributed by atoms with Crippen LogP contribution in [0.25, 0.3) is 0 Å². The number of guanidine groups is 1. The average Bonchev–Trinajstić information content (AvgIpc) is 2.65. The SMILES string of the molecule is CCNC(=NCc1ccc(OC)cc1)NCC(C)N1CCOCC1.I. The number of hydrogen-bond donors (Lipinski definition) is 2. The molecule has 0 amide bonds. The zero-order chi connectivity index (χ0) is 17.2. The van der Waals surface area contributed by atoms with Gasteiger partial charge in [-0.25, -0.2) is 4.99 Å². The Labute approximate surface area is 168 Å². The van der Waals surface area contributed by atoms with Gasteiger partial charge < -0.3 is 20.1 Å². The van der Waals surface area contributed by atoms with E-state index in [2.05, 4.69) is 34.4 Å². The van der Waals surface area contributed by atoms with Crippen molar-refractivity contribution in [2.24, 2.45) is 4.99 Å². The first-order chi connectivity index (χ1) is 11.7. The molecule has 0 spiro atoms. The topological polar surface area (TPSA) is 58.1 Å². The molecule has 1 aromatic carbocycles. The number of methoxy groups -OCH3 is 1. The molecule has 1 aromatic rings. The van der Waals surface area contributed by atoms with Crippen molar-refractivity contribution in [3.8, 4) is 5.75 Å². The van der Waals surface area contributed by atoms with Gasteiger partial charge in [0.05, 0.1) is 26.9 Å². The normalized spacial score (nSPS) is 16.7. The highest BCUT2D eigenvalue weighted by molar-refractivity contribution is 14.0. The lowest BCUT2D eigenvalue weighted by molar-refractivity contribution is 0.0211. The van der Waals surface area contributed by atoms with Gasteiger partial charge >= 0.3 is 0 Å². The second-order valence-corrected chi connectivity index (χ2v) is 5.92. The van der Waals surface area contributed by atoms with E-state index in [9.17, 15) is 0 Å². The van der Waals surface area contributed by atoms with Crippen LogP contribution in [0.1, 0.15) is 19.4 Å². The Balaban J connectivity index is 0.00000312. The first-order valence-corrected chi connectivity index (χ1v) is 8.69. The summed E-state index contributed by atoms with van der Waals surface area (Å²) in [6.07, 6.45) is 0. The zero-order valence-corrected chi connectivity index (χ0v) is 17.8. The summed E-state index contributed by atoms with van der Waals surface area (Å²) < 4.78 is 10.6. The fraction of sp³-hybridized carbons (Fsp3) is 0.611. The molecule has 6 nitrogen and oxygen atoms in total. The van der Waals surface area contributed by atoms with Gasteiger partial charge in [-0.3, -0.25) is 4.90 Å². The van der Waals surface area contributed by atoms with Crippen LogP contribution in [0.5, 0.6) is 5.75 Å². The van der Waals surface area contributed by atoms with Crippen molar-refractivity contribution in [2.75, 3.05) is 46.5 Å². The van der Waals surface area contributed by atoms with Crippen LogP contribution in [0.3, 0.4) is 0 Å². The Morgan fingerprint density at radius 1 is 1.24 bits per heavy atom.